The Balaban J connectivity index is 2.16. The summed E-state index contributed by atoms with van der Waals surface area (Å²) >= 11 is 3.62. The third-order valence-electron chi connectivity index (χ3n) is 3.38. The molecular formula is C13H20BrN3. The van der Waals surface area contributed by atoms with Gasteiger partial charge in [0.05, 0.1) is 4.47 Å². The molecule has 0 aliphatic carbocycles. The van der Waals surface area contributed by atoms with Crippen molar-refractivity contribution < 1.29 is 0 Å². The van der Waals surface area contributed by atoms with E-state index in [-0.39, 0.29) is 0 Å². The van der Waals surface area contributed by atoms with Gasteiger partial charge in [0.15, 0.2) is 0 Å². The van der Waals surface area contributed by atoms with Gasteiger partial charge in [-0.3, -0.25) is 0 Å². The summed E-state index contributed by atoms with van der Waals surface area (Å²) in [7, 11) is 4.32. The molecular weight excluding hydrogens is 278 g/mol. The molecule has 0 amide bonds. The van der Waals surface area contributed by atoms with E-state index in [2.05, 4.69) is 57.8 Å². The van der Waals surface area contributed by atoms with Crippen molar-refractivity contribution in [3.63, 3.8) is 0 Å². The van der Waals surface area contributed by atoms with Crippen LogP contribution in [0.1, 0.15) is 18.4 Å². The Morgan fingerprint density at radius 2 is 2.24 bits per heavy atom. The molecule has 1 unspecified atom stereocenters. The third-order valence-corrected chi connectivity index (χ3v) is 3.97. The zero-order valence-electron chi connectivity index (χ0n) is 10.8. The monoisotopic (exact) mass is 297 g/mol. The summed E-state index contributed by atoms with van der Waals surface area (Å²) in [6, 6.07) is 2.78. The van der Waals surface area contributed by atoms with Crippen LogP contribution < -0.4 is 4.90 Å². The maximum atomic E-state index is 4.56. The van der Waals surface area contributed by atoms with Crippen LogP contribution in [-0.2, 0) is 0 Å². The van der Waals surface area contributed by atoms with Gasteiger partial charge in [0.25, 0.3) is 0 Å². The fourth-order valence-electron chi connectivity index (χ4n) is 2.33. The molecule has 1 aliphatic heterocycles. The molecule has 0 radical (unpaired) electrons. The molecule has 0 spiro atoms. The first-order valence-electron chi connectivity index (χ1n) is 6.11. The largest absolute Gasteiger partial charge is 0.354 e. The van der Waals surface area contributed by atoms with E-state index in [1.54, 1.807) is 0 Å². The second-order valence-electron chi connectivity index (χ2n) is 5.02. The van der Waals surface area contributed by atoms with Crippen molar-refractivity contribution in [3.8, 4) is 0 Å². The number of halogens is 1. The Kier molecular flexibility index (Phi) is 4.05. The van der Waals surface area contributed by atoms with E-state index in [0.717, 1.165) is 23.4 Å². The van der Waals surface area contributed by atoms with E-state index in [1.807, 2.05) is 6.20 Å². The SMILES string of the molecule is Cc1cnc(N2CCCC(N(C)C)C2)c(Br)c1. The molecule has 4 heteroatoms. The van der Waals surface area contributed by atoms with Crippen LogP contribution in [0, 0.1) is 6.92 Å². The topological polar surface area (TPSA) is 19.4 Å². The second kappa shape index (κ2) is 5.36. The number of aromatic nitrogens is 1. The molecule has 0 N–H and O–H groups in total. The molecule has 1 aliphatic rings. The molecule has 1 saturated heterocycles. The van der Waals surface area contributed by atoms with Gasteiger partial charge in [-0.25, -0.2) is 4.98 Å². The molecule has 1 atom stereocenters. The lowest BCUT2D eigenvalue weighted by Crippen LogP contribution is -2.45. The van der Waals surface area contributed by atoms with Gasteiger partial charge in [-0.1, -0.05) is 0 Å². The van der Waals surface area contributed by atoms with Gasteiger partial charge in [-0.05, 0) is 61.4 Å². The number of nitrogens with zero attached hydrogens (tertiary/aromatic N) is 3. The summed E-state index contributed by atoms with van der Waals surface area (Å²) in [6.07, 6.45) is 4.47. The molecule has 1 fully saturated rings. The van der Waals surface area contributed by atoms with Gasteiger partial charge < -0.3 is 9.80 Å². The number of likely N-dealkylation sites (N-methyl/N-ethyl adjacent to an activating group) is 1. The summed E-state index contributed by atoms with van der Waals surface area (Å²) in [5.41, 5.74) is 1.20. The van der Waals surface area contributed by atoms with Gasteiger partial charge >= 0.3 is 0 Å². The minimum absolute atomic E-state index is 0.638. The predicted octanol–water partition coefficient (Wildman–Crippen LogP) is 2.68. The first-order chi connectivity index (χ1) is 8.08. The van der Waals surface area contributed by atoms with Crippen LogP contribution in [0.5, 0.6) is 0 Å². The van der Waals surface area contributed by atoms with E-state index >= 15 is 0 Å². The molecule has 0 saturated carbocycles. The minimum atomic E-state index is 0.638. The smallest absolute Gasteiger partial charge is 0.142 e. The molecule has 1 aromatic rings. The van der Waals surface area contributed by atoms with Crippen LogP contribution in [0.15, 0.2) is 16.7 Å². The fourth-order valence-corrected chi connectivity index (χ4v) is 3.04. The number of rotatable bonds is 2. The van der Waals surface area contributed by atoms with E-state index < -0.39 is 0 Å². The van der Waals surface area contributed by atoms with Crippen LogP contribution in [0.4, 0.5) is 5.82 Å². The van der Waals surface area contributed by atoms with E-state index in [4.69, 9.17) is 0 Å². The van der Waals surface area contributed by atoms with Gasteiger partial charge in [0, 0.05) is 25.3 Å². The van der Waals surface area contributed by atoms with Crippen molar-refractivity contribution in [2.24, 2.45) is 0 Å². The van der Waals surface area contributed by atoms with Crippen LogP contribution >= 0.6 is 15.9 Å². The lowest BCUT2D eigenvalue weighted by Gasteiger charge is -2.37. The highest BCUT2D eigenvalue weighted by atomic mass is 79.9. The summed E-state index contributed by atoms with van der Waals surface area (Å²) in [5.74, 6) is 1.09. The normalized spacial score (nSPS) is 21.0. The number of piperidine rings is 1. The number of hydrogen-bond donors (Lipinski definition) is 0. The van der Waals surface area contributed by atoms with Crippen molar-refractivity contribution in [3.05, 3.63) is 22.3 Å². The van der Waals surface area contributed by atoms with Crippen molar-refractivity contribution in [1.82, 2.24) is 9.88 Å². The lowest BCUT2D eigenvalue weighted by molar-refractivity contribution is 0.257. The molecule has 2 rings (SSSR count). The number of pyridine rings is 1. The third kappa shape index (κ3) is 2.99. The Hall–Kier alpha value is -0.610. The fraction of sp³-hybridized carbons (Fsp3) is 0.615. The summed E-state index contributed by atoms with van der Waals surface area (Å²) in [5, 5.41) is 0. The van der Waals surface area contributed by atoms with Crippen LogP contribution in [-0.4, -0.2) is 43.1 Å². The molecule has 2 heterocycles. The zero-order chi connectivity index (χ0) is 12.4. The predicted molar refractivity (Wildman–Crippen MR) is 75.6 cm³/mol. The Morgan fingerprint density at radius 1 is 1.47 bits per heavy atom. The summed E-state index contributed by atoms with van der Waals surface area (Å²) in [6.45, 7) is 4.25. The van der Waals surface area contributed by atoms with Crippen LogP contribution in [0.3, 0.4) is 0 Å². The highest BCUT2D eigenvalue weighted by Crippen LogP contribution is 2.27. The average molecular weight is 298 g/mol. The molecule has 3 nitrogen and oxygen atoms in total. The number of hydrogen-bond acceptors (Lipinski definition) is 3. The first-order valence-corrected chi connectivity index (χ1v) is 6.90. The second-order valence-corrected chi connectivity index (χ2v) is 5.88. The van der Waals surface area contributed by atoms with Gasteiger partial charge in [-0.15, -0.1) is 0 Å². The molecule has 0 aromatic carbocycles. The van der Waals surface area contributed by atoms with Gasteiger partial charge in [-0.2, -0.15) is 0 Å². The number of anilines is 1. The molecule has 17 heavy (non-hydrogen) atoms. The van der Waals surface area contributed by atoms with E-state index in [0.29, 0.717) is 6.04 Å². The summed E-state index contributed by atoms with van der Waals surface area (Å²) in [4.78, 5) is 9.26. The maximum absolute atomic E-state index is 4.56. The lowest BCUT2D eigenvalue weighted by atomic mass is 10.0. The summed E-state index contributed by atoms with van der Waals surface area (Å²) < 4.78 is 1.11. The van der Waals surface area contributed by atoms with Crippen molar-refractivity contribution in [1.29, 1.82) is 0 Å². The van der Waals surface area contributed by atoms with Crippen molar-refractivity contribution in [2.45, 2.75) is 25.8 Å². The molecule has 1 aromatic heterocycles. The maximum Gasteiger partial charge on any atom is 0.142 e. The van der Waals surface area contributed by atoms with Gasteiger partial charge in [0.2, 0.25) is 0 Å². The first kappa shape index (κ1) is 12.8. The highest BCUT2D eigenvalue weighted by Gasteiger charge is 2.23. The highest BCUT2D eigenvalue weighted by molar-refractivity contribution is 9.10. The Bertz CT molecular complexity index is 392. The van der Waals surface area contributed by atoms with E-state index in [1.165, 1.54) is 18.4 Å². The Morgan fingerprint density at radius 3 is 2.88 bits per heavy atom. The molecule has 0 bridgehead atoms. The Labute approximate surface area is 112 Å². The van der Waals surface area contributed by atoms with Crippen molar-refractivity contribution in [2.75, 3.05) is 32.1 Å². The average Bonchev–Trinajstić information content (AvgIpc) is 2.29. The zero-order valence-corrected chi connectivity index (χ0v) is 12.4. The van der Waals surface area contributed by atoms with E-state index in [9.17, 15) is 0 Å². The van der Waals surface area contributed by atoms with Crippen LogP contribution in [0.2, 0.25) is 0 Å². The van der Waals surface area contributed by atoms with Gasteiger partial charge in [0.1, 0.15) is 5.82 Å². The molecule has 94 valence electrons. The number of aryl methyl sites for hydroxylation is 1. The minimum Gasteiger partial charge on any atom is -0.354 e. The standard InChI is InChI=1S/C13H20BrN3/c1-10-7-12(14)13(15-8-10)17-6-4-5-11(9-17)16(2)3/h7-8,11H,4-6,9H2,1-3H3. The van der Waals surface area contributed by atoms with Crippen molar-refractivity contribution >= 4 is 21.7 Å². The quantitative estimate of drug-likeness (QED) is 0.837. The van der Waals surface area contributed by atoms with Crippen LogP contribution in [0.25, 0.3) is 0 Å².